The summed E-state index contributed by atoms with van der Waals surface area (Å²) in [5.74, 6) is 0.856. The van der Waals surface area contributed by atoms with Crippen LogP contribution in [0.2, 0.25) is 0 Å². The van der Waals surface area contributed by atoms with Gasteiger partial charge in [0.1, 0.15) is 5.75 Å². The van der Waals surface area contributed by atoms with Crippen LogP contribution < -0.4 is 4.74 Å². The molecular formula is C13H20O2. The first-order chi connectivity index (χ1) is 7.01. The highest BCUT2D eigenvalue weighted by atomic mass is 16.7. The summed E-state index contributed by atoms with van der Waals surface area (Å²) in [7, 11) is 1.62. The number of methoxy groups -OCH3 is 1. The van der Waals surface area contributed by atoms with Crippen LogP contribution in [0.15, 0.2) is 24.3 Å². The Balaban J connectivity index is 2.56. The van der Waals surface area contributed by atoms with E-state index in [1.807, 2.05) is 12.1 Å². The predicted molar refractivity (Wildman–Crippen MR) is 62.1 cm³/mol. The first-order valence-electron chi connectivity index (χ1n) is 5.22. The molecule has 0 aliphatic carbocycles. The SMILES string of the molecule is COCOc1ccc(CC(C)(C)C)cc1. The zero-order valence-electron chi connectivity index (χ0n) is 10.0. The lowest BCUT2D eigenvalue weighted by atomic mass is 9.88. The van der Waals surface area contributed by atoms with Gasteiger partial charge >= 0.3 is 0 Å². The summed E-state index contributed by atoms with van der Waals surface area (Å²) in [6.45, 7) is 7.02. The number of hydrogen-bond donors (Lipinski definition) is 0. The van der Waals surface area contributed by atoms with E-state index >= 15 is 0 Å². The van der Waals surface area contributed by atoms with E-state index in [1.165, 1.54) is 5.56 Å². The second kappa shape index (κ2) is 5.17. The molecule has 0 radical (unpaired) electrons. The molecule has 1 aromatic carbocycles. The Hall–Kier alpha value is -1.02. The fourth-order valence-corrected chi connectivity index (χ4v) is 1.44. The average molecular weight is 208 g/mol. The van der Waals surface area contributed by atoms with Crippen molar-refractivity contribution in [2.75, 3.05) is 13.9 Å². The summed E-state index contributed by atoms with van der Waals surface area (Å²) in [5, 5.41) is 0. The maximum absolute atomic E-state index is 5.32. The molecule has 15 heavy (non-hydrogen) atoms. The van der Waals surface area contributed by atoms with Gasteiger partial charge in [-0.05, 0) is 29.5 Å². The van der Waals surface area contributed by atoms with Crippen molar-refractivity contribution < 1.29 is 9.47 Å². The molecule has 0 fully saturated rings. The summed E-state index contributed by atoms with van der Waals surface area (Å²) in [4.78, 5) is 0. The van der Waals surface area contributed by atoms with Crippen molar-refractivity contribution in [3.63, 3.8) is 0 Å². The molecule has 84 valence electrons. The summed E-state index contributed by atoms with van der Waals surface area (Å²) in [6.07, 6.45) is 1.08. The van der Waals surface area contributed by atoms with Gasteiger partial charge in [0.2, 0.25) is 0 Å². The Morgan fingerprint density at radius 2 is 1.67 bits per heavy atom. The van der Waals surface area contributed by atoms with Gasteiger partial charge in [0, 0.05) is 7.11 Å². The number of ether oxygens (including phenoxy) is 2. The zero-order valence-corrected chi connectivity index (χ0v) is 10.0. The monoisotopic (exact) mass is 208 g/mol. The predicted octanol–water partition coefficient (Wildman–Crippen LogP) is 3.26. The largest absolute Gasteiger partial charge is 0.468 e. The second-order valence-corrected chi connectivity index (χ2v) is 4.93. The van der Waals surface area contributed by atoms with Crippen LogP contribution in [-0.2, 0) is 11.2 Å². The maximum Gasteiger partial charge on any atom is 0.188 e. The molecule has 0 aromatic heterocycles. The Morgan fingerprint density at radius 3 is 2.13 bits per heavy atom. The highest BCUT2D eigenvalue weighted by Gasteiger charge is 2.10. The fraction of sp³-hybridized carbons (Fsp3) is 0.538. The van der Waals surface area contributed by atoms with Crippen LogP contribution in [0.1, 0.15) is 26.3 Å². The summed E-state index contributed by atoms with van der Waals surface area (Å²) < 4.78 is 10.2. The van der Waals surface area contributed by atoms with Crippen molar-refractivity contribution >= 4 is 0 Å². The standard InChI is InChI=1S/C13H20O2/c1-13(2,3)9-11-5-7-12(8-6-11)15-10-14-4/h5-8H,9-10H2,1-4H3. The van der Waals surface area contributed by atoms with E-state index in [9.17, 15) is 0 Å². The van der Waals surface area contributed by atoms with Crippen LogP contribution in [0, 0.1) is 5.41 Å². The topological polar surface area (TPSA) is 18.5 Å². The Kier molecular flexibility index (Phi) is 4.15. The van der Waals surface area contributed by atoms with E-state index in [1.54, 1.807) is 7.11 Å². The summed E-state index contributed by atoms with van der Waals surface area (Å²) in [5.41, 5.74) is 1.67. The molecule has 2 heteroatoms. The normalized spacial score (nSPS) is 11.5. The minimum Gasteiger partial charge on any atom is -0.468 e. The minimum atomic E-state index is 0.304. The Bertz CT molecular complexity index is 282. The van der Waals surface area contributed by atoms with Crippen molar-refractivity contribution in [2.24, 2.45) is 5.41 Å². The van der Waals surface area contributed by atoms with Crippen LogP contribution in [-0.4, -0.2) is 13.9 Å². The van der Waals surface area contributed by atoms with Gasteiger partial charge in [-0.1, -0.05) is 32.9 Å². The lowest BCUT2D eigenvalue weighted by molar-refractivity contribution is 0.0511. The number of rotatable bonds is 4. The molecule has 0 spiro atoms. The summed E-state index contributed by atoms with van der Waals surface area (Å²) in [6, 6.07) is 8.19. The Labute approximate surface area is 92.2 Å². The molecule has 2 nitrogen and oxygen atoms in total. The molecule has 0 aliphatic rings. The van der Waals surface area contributed by atoms with Crippen LogP contribution in [0.3, 0.4) is 0 Å². The van der Waals surface area contributed by atoms with E-state index in [-0.39, 0.29) is 0 Å². The van der Waals surface area contributed by atoms with Gasteiger partial charge in [-0.2, -0.15) is 0 Å². The van der Waals surface area contributed by atoms with E-state index in [2.05, 4.69) is 32.9 Å². The van der Waals surface area contributed by atoms with Crippen LogP contribution >= 0.6 is 0 Å². The van der Waals surface area contributed by atoms with Crippen LogP contribution in [0.25, 0.3) is 0 Å². The highest BCUT2D eigenvalue weighted by molar-refractivity contribution is 5.27. The van der Waals surface area contributed by atoms with E-state index in [0.29, 0.717) is 12.2 Å². The van der Waals surface area contributed by atoms with Crippen LogP contribution in [0.5, 0.6) is 5.75 Å². The van der Waals surface area contributed by atoms with Crippen molar-refractivity contribution in [1.82, 2.24) is 0 Å². The number of benzene rings is 1. The number of hydrogen-bond acceptors (Lipinski definition) is 2. The minimum absolute atomic E-state index is 0.304. The van der Waals surface area contributed by atoms with Crippen molar-refractivity contribution in [3.05, 3.63) is 29.8 Å². The molecule has 0 saturated heterocycles. The Morgan fingerprint density at radius 1 is 1.07 bits per heavy atom. The molecule has 0 bridgehead atoms. The van der Waals surface area contributed by atoms with Crippen molar-refractivity contribution in [3.8, 4) is 5.75 Å². The van der Waals surface area contributed by atoms with Gasteiger partial charge in [-0.3, -0.25) is 0 Å². The van der Waals surface area contributed by atoms with Gasteiger partial charge in [0.25, 0.3) is 0 Å². The fourth-order valence-electron chi connectivity index (χ4n) is 1.44. The molecule has 0 unspecified atom stereocenters. The lowest BCUT2D eigenvalue weighted by Crippen LogP contribution is -2.09. The van der Waals surface area contributed by atoms with Gasteiger partial charge in [0.05, 0.1) is 0 Å². The van der Waals surface area contributed by atoms with Gasteiger partial charge in [-0.25, -0.2) is 0 Å². The zero-order chi connectivity index (χ0) is 11.3. The molecule has 0 heterocycles. The molecular weight excluding hydrogens is 188 g/mol. The first kappa shape index (κ1) is 12.1. The van der Waals surface area contributed by atoms with E-state index in [4.69, 9.17) is 9.47 Å². The van der Waals surface area contributed by atoms with Gasteiger partial charge in [-0.15, -0.1) is 0 Å². The molecule has 0 amide bonds. The molecule has 1 rings (SSSR count). The highest BCUT2D eigenvalue weighted by Crippen LogP contribution is 2.22. The molecule has 0 saturated carbocycles. The third-order valence-electron chi connectivity index (χ3n) is 2.00. The smallest absolute Gasteiger partial charge is 0.188 e. The lowest BCUT2D eigenvalue weighted by Gasteiger charge is -2.18. The summed E-state index contributed by atoms with van der Waals surface area (Å²) >= 11 is 0. The molecule has 0 N–H and O–H groups in total. The maximum atomic E-state index is 5.32. The quantitative estimate of drug-likeness (QED) is 0.707. The molecule has 1 aromatic rings. The van der Waals surface area contributed by atoms with E-state index in [0.717, 1.165) is 12.2 Å². The third kappa shape index (κ3) is 4.84. The third-order valence-corrected chi connectivity index (χ3v) is 2.00. The molecule has 0 aliphatic heterocycles. The average Bonchev–Trinajstić information content (AvgIpc) is 2.14. The van der Waals surface area contributed by atoms with Crippen molar-refractivity contribution in [2.45, 2.75) is 27.2 Å². The van der Waals surface area contributed by atoms with Gasteiger partial charge < -0.3 is 9.47 Å². The van der Waals surface area contributed by atoms with Gasteiger partial charge in [0.15, 0.2) is 6.79 Å². The second-order valence-electron chi connectivity index (χ2n) is 4.93. The molecule has 0 atom stereocenters. The van der Waals surface area contributed by atoms with E-state index < -0.39 is 0 Å². The van der Waals surface area contributed by atoms with Crippen molar-refractivity contribution in [1.29, 1.82) is 0 Å². The first-order valence-corrected chi connectivity index (χ1v) is 5.22. The van der Waals surface area contributed by atoms with Crippen LogP contribution in [0.4, 0.5) is 0 Å².